The Bertz CT molecular complexity index is 531. The molecule has 0 radical (unpaired) electrons. The van der Waals surface area contributed by atoms with Crippen molar-refractivity contribution in [3.8, 4) is 0 Å². The van der Waals surface area contributed by atoms with Crippen LogP contribution < -0.4 is 10.5 Å². The van der Waals surface area contributed by atoms with Crippen LogP contribution in [0.25, 0.3) is 0 Å². The van der Waals surface area contributed by atoms with Crippen molar-refractivity contribution < 1.29 is 8.42 Å². The van der Waals surface area contributed by atoms with Crippen molar-refractivity contribution in [3.05, 3.63) is 29.3 Å². The molecule has 0 fully saturated rings. The molecule has 0 aromatic heterocycles. The van der Waals surface area contributed by atoms with Crippen LogP contribution in [0.2, 0.25) is 0 Å². The van der Waals surface area contributed by atoms with E-state index in [4.69, 9.17) is 5.73 Å². The lowest BCUT2D eigenvalue weighted by Crippen LogP contribution is -2.22. The summed E-state index contributed by atoms with van der Waals surface area (Å²) in [6.45, 7) is 8.33. The number of nitrogens with one attached hydrogen (secondary N) is 1. The van der Waals surface area contributed by atoms with Gasteiger partial charge in [0, 0.05) is 6.54 Å². The second kappa shape index (κ2) is 5.92. The number of sulfonamides is 1. The molecular weight excluding hydrogens is 260 g/mol. The van der Waals surface area contributed by atoms with Crippen LogP contribution in [-0.2, 0) is 16.6 Å². The molecule has 0 unspecified atom stereocenters. The van der Waals surface area contributed by atoms with Crippen LogP contribution in [0.15, 0.2) is 18.2 Å². The Morgan fingerprint density at radius 1 is 1.26 bits per heavy atom. The van der Waals surface area contributed by atoms with Crippen LogP contribution in [0.5, 0.6) is 0 Å². The van der Waals surface area contributed by atoms with E-state index < -0.39 is 10.0 Å². The van der Waals surface area contributed by atoms with E-state index in [1.54, 1.807) is 6.07 Å². The van der Waals surface area contributed by atoms with Crippen molar-refractivity contribution in [2.45, 2.75) is 40.7 Å². The Balaban J connectivity index is 2.87. The first kappa shape index (κ1) is 16.0. The highest BCUT2D eigenvalue weighted by molar-refractivity contribution is 7.92. The minimum atomic E-state index is -3.32. The van der Waals surface area contributed by atoms with Gasteiger partial charge < -0.3 is 5.73 Å². The van der Waals surface area contributed by atoms with Gasteiger partial charge in [-0.25, -0.2) is 8.42 Å². The van der Waals surface area contributed by atoms with E-state index in [0.29, 0.717) is 18.7 Å². The summed E-state index contributed by atoms with van der Waals surface area (Å²) in [7, 11) is -3.32. The minimum absolute atomic E-state index is 0.00193. The predicted octanol–water partition coefficient (Wildman–Crippen LogP) is 2.63. The molecule has 0 atom stereocenters. The van der Waals surface area contributed by atoms with Crippen LogP contribution >= 0.6 is 0 Å². The first-order valence-electron chi connectivity index (χ1n) is 6.44. The lowest BCUT2D eigenvalue weighted by Gasteiger charge is -2.19. The molecule has 3 N–H and O–H groups in total. The zero-order valence-corrected chi connectivity index (χ0v) is 13.0. The molecule has 0 aliphatic heterocycles. The standard InChI is InChI=1S/C14H24N2O2S/c1-11-6-5-7-13(12(11)10-15)16-19(17,18)9-8-14(2,3)4/h5-7,16H,8-10,15H2,1-4H3. The molecule has 0 saturated carbocycles. The van der Waals surface area contributed by atoms with Gasteiger partial charge in [0.05, 0.1) is 11.4 Å². The summed E-state index contributed by atoms with van der Waals surface area (Å²) in [5.74, 6) is 0.119. The van der Waals surface area contributed by atoms with E-state index in [1.807, 2.05) is 39.8 Å². The van der Waals surface area contributed by atoms with Gasteiger partial charge in [-0.3, -0.25) is 4.72 Å². The molecule has 0 spiro atoms. The Kier molecular flexibility index (Phi) is 4.98. The number of hydrogen-bond donors (Lipinski definition) is 2. The summed E-state index contributed by atoms with van der Waals surface area (Å²) in [5, 5.41) is 0. The predicted molar refractivity (Wildman–Crippen MR) is 80.6 cm³/mol. The van der Waals surface area contributed by atoms with Gasteiger partial charge >= 0.3 is 0 Å². The zero-order valence-electron chi connectivity index (χ0n) is 12.2. The van der Waals surface area contributed by atoms with Gasteiger partial charge in [0.15, 0.2) is 0 Å². The molecule has 0 aliphatic carbocycles. The third-order valence-corrected chi connectivity index (χ3v) is 4.27. The van der Waals surface area contributed by atoms with Crippen molar-refractivity contribution in [3.63, 3.8) is 0 Å². The SMILES string of the molecule is Cc1cccc(NS(=O)(=O)CCC(C)(C)C)c1CN. The number of anilines is 1. The quantitative estimate of drug-likeness (QED) is 0.873. The maximum atomic E-state index is 12.1. The van der Waals surface area contributed by atoms with Crippen LogP contribution in [0.1, 0.15) is 38.3 Å². The molecule has 0 heterocycles. The van der Waals surface area contributed by atoms with Crippen molar-refractivity contribution in [1.82, 2.24) is 0 Å². The molecule has 0 bridgehead atoms. The highest BCUT2D eigenvalue weighted by Crippen LogP contribution is 2.23. The maximum Gasteiger partial charge on any atom is 0.232 e. The van der Waals surface area contributed by atoms with Crippen LogP contribution in [0.4, 0.5) is 5.69 Å². The molecule has 5 heteroatoms. The molecular formula is C14H24N2O2S. The highest BCUT2D eigenvalue weighted by Gasteiger charge is 2.18. The topological polar surface area (TPSA) is 72.2 Å². The average molecular weight is 284 g/mol. The van der Waals surface area contributed by atoms with Crippen LogP contribution in [0.3, 0.4) is 0 Å². The van der Waals surface area contributed by atoms with Gasteiger partial charge in [-0.1, -0.05) is 32.9 Å². The molecule has 1 aromatic carbocycles. The number of hydrogen-bond acceptors (Lipinski definition) is 3. The summed E-state index contributed by atoms with van der Waals surface area (Å²) in [6.07, 6.45) is 0.617. The fourth-order valence-electron chi connectivity index (χ4n) is 1.73. The van der Waals surface area contributed by atoms with Crippen molar-refractivity contribution in [2.24, 2.45) is 11.1 Å². The number of nitrogens with two attached hydrogens (primary N) is 1. The van der Waals surface area contributed by atoms with Gasteiger partial charge in [0.2, 0.25) is 10.0 Å². The van der Waals surface area contributed by atoms with E-state index in [9.17, 15) is 8.42 Å². The minimum Gasteiger partial charge on any atom is -0.326 e. The fraction of sp³-hybridized carbons (Fsp3) is 0.571. The molecule has 0 aliphatic rings. The third kappa shape index (κ3) is 5.20. The Morgan fingerprint density at radius 3 is 2.42 bits per heavy atom. The van der Waals surface area contributed by atoms with Gasteiger partial charge in [-0.15, -0.1) is 0 Å². The second-order valence-corrected chi connectivity index (χ2v) is 7.88. The molecule has 4 nitrogen and oxygen atoms in total. The summed E-state index contributed by atoms with van der Waals surface area (Å²) >= 11 is 0. The van der Waals surface area contributed by atoms with Crippen molar-refractivity contribution >= 4 is 15.7 Å². The molecule has 1 aromatic rings. The highest BCUT2D eigenvalue weighted by atomic mass is 32.2. The van der Waals surface area contributed by atoms with E-state index in [-0.39, 0.29) is 11.2 Å². The Labute approximate surface area is 116 Å². The van der Waals surface area contributed by atoms with E-state index in [1.165, 1.54) is 0 Å². The van der Waals surface area contributed by atoms with Gasteiger partial charge in [0.1, 0.15) is 0 Å². The average Bonchev–Trinajstić information content (AvgIpc) is 2.26. The van der Waals surface area contributed by atoms with E-state index >= 15 is 0 Å². The molecule has 1 rings (SSSR count). The summed E-state index contributed by atoms with van der Waals surface area (Å²) in [5.41, 5.74) is 8.12. The first-order valence-corrected chi connectivity index (χ1v) is 8.09. The summed E-state index contributed by atoms with van der Waals surface area (Å²) < 4.78 is 26.8. The van der Waals surface area contributed by atoms with Gasteiger partial charge in [0.25, 0.3) is 0 Å². The Morgan fingerprint density at radius 2 is 1.89 bits per heavy atom. The van der Waals surface area contributed by atoms with Gasteiger partial charge in [-0.05, 0) is 36.0 Å². The number of rotatable bonds is 5. The fourth-order valence-corrected chi connectivity index (χ4v) is 3.24. The lowest BCUT2D eigenvalue weighted by atomic mass is 9.94. The number of aryl methyl sites for hydroxylation is 1. The lowest BCUT2D eigenvalue weighted by molar-refractivity contribution is 0.397. The van der Waals surface area contributed by atoms with Crippen LogP contribution in [0, 0.1) is 12.3 Å². The number of benzene rings is 1. The van der Waals surface area contributed by atoms with E-state index in [0.717, 1.165) is 11.1 Å². The smallest absolute Gasteiger partial charge is 0.232 e. The van der Waals surface area contributed by atoms with Crippen molar-refractivity contribution in [2.75, 3.05) is 10.5 Å². The molecule has 108 valence electrons. The second-order valence-electron chi connectivity index (χ2n) is 6.04. The van der Waals surface area contributed by atoms with Crippen molar-refractivity contribution in [1.29, 1.82) is 0 Å². The maximum absolute atomic E-state index is 12.1. The first-order chi connectivity index (χ1) is 8.64. The normalized spacial score (nSPS) is 12.5. The largest absolute Gasteiger partial charge is 0.326 e. The van der Waals surface area contributed by atoms with Crippen LogP contribution in [-0.4, -0.2) is 14.2 Å². The third-order valence-electron chi connectivity index (χ3n) is 3.00. The Hall–Kier alpha value is -1.07. The summed E-state index contributed by atoms with van der Waals surface area (Å²) in [4.78, 5) is 0. The van der Waals surface area contributed by atoms with E-state index in [2.05, 4.69) is 4.72 Å². The summed E-state index contributed by atoms with van der Waals surface area (Å²) in [6, 6.07) is 5.51. The zero-order chi connectivity index (χ0) is 14.7. The molecule has 0 amide bonds. The van der Waals surface area contributed by atoms with Gasteiger partial charge in [-0.2, -0.15) is 0 Å². The molecule has 19 heavy (non-hydrogen) atoms. The monoisotopic (exact) mass is 284 g/mol. The molecule has 0 saturated heterocycles.